The quantitative estimate of drug-likeness (QED) is 0.785. The van der Waals surface area contributed by atoms with E-state index in [-0.39, 0.29) is 6.54 Å². The van der Waals surface area contributed by atoms with Gasteiger partial charge in [0.1, 0.15) is 5.60 Å². The summed E-state index contributed by atoms with van der Waals surface area (Å²) < 4.78 is 30.4. The zero-order valence-corrected chi connectivity index (χ0v) is 10.5. The van der Waals surface area contributed by atoms with Crippen LogP contribution in [-0.4, -0.2) is 38.0 Å². The van der Waals surface area contributed by atoms with E-state index in [1.807, 2.05) is 0 Å². The Morgan fingerprint density at radius 3 is 2.20 bits per heavy atom. The van der Waals surface area contributed by atoms with Gasteiger partial charge in [-0.3, -0.25) is 0 Å². The van der Waals surface area contributed by atoms with Gasteiger partial charge in [0.25, 0.3) is 0 Å². The van der Waals surface area contributed by atoms with E-state index in [2.05, 4.69) is 0 Å². The van der Waals surface area contributed by atoms with E-state index in [1.54, 1.807) is 32.4 Å². The molecule has 0 fully saturated rings. The molecule has 90 valence electrons. The van der Waals surface area contributed by atoms with Crippen molar-refractivity contribution in [1.82, 2.24) is 9.03 Å². The summed E-state index contributed by atoms with van der Waals surface area (Å²) in [6, 6.07) is 0. The highest BCUT2D eigenvalue weighted by atomic mass is 32.2. The van der Waals surface area contributed by atoms with E-state index in [9.17, 15) is 13.2 Å². The van der Waals surface area contributed by atoms with Crippen molar-refractivity contribution >= 4 is 16.3 Å². The number of amides is 1. The molecule has 6 nitrogen and oxygen atoms in total. The maximum absolute atomic E-state index is 11.4. The van der Waals surface area contributed by atoms with Crippen LogP contribution in [0.2, 0.25) is 0 Å². The van der Waals surface area contributed by atoms with Crippen LogP contribution >= 0.6 is 0 Å². The van der Waals surface area contributed by atoms with E-state index >= 15 is 0 Å². The fourth-order valence-electron chi connectivity index (χ4n) is 0.652. The van der Waals surface area contributed by atoms with E-state index < -0.39 is 21.9 Å². The standard InChI is InChI=1S/C8H18N2O4S/c1-6-10(5)15(12,13)9-7(11)14-8(2,3)4/h6H2,1-5H3,(H,9,11). The smallest absolute Gasteiger partial charge is 0.422 e. The molecular formula is C8H18N2O4S. The van der Waals surface area contributed by atoms with Gasteiger partial charge in [-0.15, -0.1) is 0 Å². The summed E-state index contributed by atoms with van der Waals surface area (Å²) in [6.07, 6.45) is -0.970. The molecule has 0 atom stereocenters. The SMILES string of the molecule is CCN(C)S(=O)(=O)NC(=O)OC(C)(C)C. The maximum Gasteiger partial charge on any atom is 0.422 e. The second-order valence-corrected chi connectivity index (χ2v) is 5.80. The van der Waals surface area contributed by atoms with E-state index in [1.165, 1.54) is 7.05 Å². The molecule has 1 N–H and O–H groups in total. The predicted octanol–water partition coefficient (Wildman–Crippen LogP) is 0.708. The van der Waals surface area contributed by atoms with Crippen molar-refractivity contribution < 1.29 is 17.9 Å². The van der Waals surface area contributed by atoms with Crippen LogP contribution in [0.15, 0.2) is 0 Å². The normalized spacial score (nSPS) is 12.7. The summed E-state index contributed by atoms with van der Waals surface area (Å²) in [5, 5.41) is 0. The topological polar surface area (TPSA) is 75.7 Å². The fourth-order valence-corrected chi connectivity index (χ4v) is 1.40. The lowest BCUT2D eigenvalue weighted by molar-refractivity contribution is 0.0567. The van der Waals surface area contributed by atoms with Crippen molar-refractivity contribution in [3.63, 3.8) is 0 Å². The van der Waals surface area contributed by atoms with Crippen LogP contribution in [0.25, 0.3) is 0 Å². The number of nitrogens with one attached hydrogen (secondary N) is 1. The van der Waals surface area contributed by atoms with Gasteiger partial charge < -0.3 is 4.74 Å². The third kappa shape index (κ3) is 5.58. The van der Waals surface area contributed by atoms with Gasteiger partial charge in [-0.05, 0) is 20.8 Å². The number of hydrogen-bond donors (Lipinski definition) is 1. The van der Waals surface area contributed by atoms with Crippen LogP contribution in [0.3, 0.4) is 0 Å². The van der Waals surface area contributed by atoms with Crippen LogP contribution in [0, 0.1) is 0 Å². The number of carbonyl (C=O) groups excluding carboxylic acids is 1. The van der Waals surface area contributed by atoms with Crippen LogP contribution in [0.4, 0.5) is 4.79 Å². The number of carbonyl (C=O) groups is 1. The molecule has 0 aromatic rings. The average molecular weight is 238 g/mol. The molecule has 0 aliphatic heterocycles. The third-order valence-corrected chi connectivity index (χ3v) is 2.97. The maximum atomic E-state index is 11.4. The largest absolute Gasteiger partial charge is 0.443 e. The Labute approximate surface area is 90.8 Å². The molecule has 0 aliphatic rings. The highest BCUT2D eigenvalue weighted by molar-refractivity contribution is 7.87. The molecule has 0 aromatic heterocycles. The van der Waals surface area contributed by atoms with Gasteiger partial charge in [-0.25, -0.2) is 9.52 Å². The van der Waals surface area contributed by atoms with Gasteiger partial charge in [-0.2, -0.15) is 12.7 Å². The molecule has 7 heteroatoms. The predicted molar refractivity (Wildman–Crippen MR) is 56.6 cm³/mol. The minimum atomic E-state index is -3.77. The monoisotopic (exact) mass is 238 g/mol. The first kappa shape index (κ1) is 14.2. The van der Waals surface area contributed by atoms with Crippen LogP contribution < -0.4 is 4.72 Å². The molecule has 15 heavy (non-hydrogen) atoms. The first-order chi connectivity index (χ1) is 6.58. The Hall–Kier alpha value is -0.820. The Morgan fingerprint density at radius 2 is 1.87 bits per heavy atom. The average Bonchev–Trinajstić information content (AvgIpc) is 1.97. The van der Waals surface area contributed by atoms with E-state index in [0.717, 1.165) is 4.31 Å². The zero-order chi connectivity index (χ0) is 12.3. The highest BCUT2D eigenvalue weighted by Crippen LogP contribution is 2.07. The first-order valence-corrected chi connectivity index (χ1v) is 5.99. The van der Waals surface area contributed by atoms with Crippen molar-refractivity contribution in [3.8, 4) is 0 Å². The third-order valence-electron chi connectivity index (χ3n) is 1.47. The Kier molecular flexibility index (Phi) is 4.54. The fraction of sp³-hybridized carbons (Fsp3) is 0.875. The van der Waals surface area contributed by atoms with Crippen molar-refractivity contribution in [2.24, 2.45) is 0 Å². The van der Waals surface area contributed by atoms with Crippen molar-refractivity contribution in [2.75, 3.05) is 13.6 Å². The molecule has 0 rings (SSSR count). The lowest BCUT2D eigenvalue weighted by Gasteiger charge is -2.21. The van der Waals surface area contributed by atoms with Gasteiger partial charge in [0.15, 0.2) is 0 Å². The number of hydrogen-bond acceptors (Lipinski definition) is 4. The molecule has 0 aliphatic carbocycles. The summed E-state index contributed by atoms with van der Waals surface area (Å²) in [7, 11) is -2.41. The Balaban J connectivity index is 4.43. The van der Waals surface area contributed by atoms with Crippen molar-refractivity contribution in [2.45, 2.75) is 33.3 Å². The molecule has 0 spiro atoms. The van der Waals surface area contributed by atoms with Crippen LogP contribution in [-0.2, 0) is 14.9 Å². The van der Waals surface area contributed by atoms with E-state index in [4.69, 9.17) is 4.74 Å². The van der Waals surface area contributed by atoms with Gasteiger partial charge in [-0.1, -0.05) is 6.92 Å². The molecule has 0 saturated carbocycles. The summed E-state index contributed by atoms with van der Waals surface area (Å²) in [5.74, 6) is 0. The summed E-state index contributed by atoms with van der Waals surface area (Å²) >= 11 is 0. The van der Waals surface area contributed by atoms with Gasteiger partial charge >= 0.3 is 16.3 Å². The van der Waals surface area contributed by atoms with Gasteiger partial charge in [0, 0.05) is 13.6 Å². The second kappa shape index (κ2) is 4.80. The van der Waals surface area contributed by atoms with E-state index in [0.29, 0.717) is 0 Å². The van der Waals surface area contributed by atoms with Gasteiger partial charge in [0.2, 0.25) is 0 Å². The molecule has 0 radical (unpaired) electrons. The molecular weight excluding hydrogens is 220 g/mol. The number of ether oxygens (including phenoxy) is 1. The van der Waals surface area contributed by atoms with Crippen molar-refractivity contribution in [3.05, 3.63) is 0 Å². The summed E-state index contributed by atoms with van der Waals surface area (Å²) in [5.41, 5.74) is -0.718. The number of nitrogens with zero attached hydrogens (tertiary/aromatic N) is 1. The van der Waals surface area contributed by atoms with Crippen LogP contribution in [0.1, 0.15) is 27.7 Å². The van der Waals surface area contributed by atoms with Crippen molar-refractivity contribution in [1.29, 1.82) is 0 Å². The second-order valence-electron chi connectivity index (χ2n) is 4.02. The van der Waals surface area contributed by atoms with Crippen LogP contribution in [0.5, 0.6) is 0 Å². The molecule has 1 amide bonds. The first-order valence-electron chi connectivity index (χ1n) is 4.55. The Morgan fingerprint density at radius 1 is 1.40 bits per heavy atom. The van der Waals surface area contributed by atoms with Gasteiger partial charge in [0.05, 0.1) is 0 Å². The summed E-state index contributed by atoms with van der Waals surface area (Å²) in [4.78, 5) is 11.2. The molecule has 0 aromatic carbocycles. The zero-order valence-electron chi connectivity index (χ0n) is 9.70. The lowest BCUT2D eigenvalue weighted by atomic mass is 10.2. The molecule has 0 bridgehead atoms. The molecule has 0 heterocycles. The Bertz CT molecular complexity index is 318. The number of rotatable bonds is 3. The highest BCUT2D eigenvalue weighted by Gasteiger charge is 2.23. The lowest BCUT2D eigenvalue weighted by Crippen LogP contribution is -2.43. The minimum absolute atomic E-state index is 0.276. The summed E-state index contributed by atoms with van der Waals surface area (Å²) in [6.45, 7) is 6.90. The molecule has 0 unspecified atom stereocenters. The minimum Gasteiger partial charge on any atom is -0.443 e. The molecule has 0 saturated heterocycles.